The Morgan fingerprint density at radius 3 is 3.00 bits per heavy atom. The van der Waals surface area contributed by atoms with Crippen LogP contribution in [0.3, 0.4) is 0 Å². The van der Waals surface area contributed by atoms with Gasteiger partial charge in [0, 0.05) is 5.38 Å². The molecule has 0 fully saturated rings. The minimum atomic E-state index is -0.637. The first kappa shape index (κ1) is 7.30. The van der Waals surface area contributed by atoms with Gasteiger partial charge in [-0.1, -0.05) is 11.6 Å². The fourth-order valence-corrected chi connectivity index (χ4v) is 1.13. The largest absolute Gasteiger partial charge is 0.351 e. The SMILES string of the molecule is NC(=O)Nc1csc(Cl)n1. The smallest absolute Gasteiger partial charge is 0.317 e. The fourth-order valence-electron chi connectivity index (χ4n) is 0.435. The summed E-state index contributed by atoms with van der Waals surface area (Å²) in [6, 6.07) is -0.637. The van der Waals surface area contributed by atoms with Gasteiger partial charge in [-0.25, -0.2) is 9.78 Å². The number of rotatable bonds is 1. The molecule has 0 aliphatic rings. The van der Waals surface area contributed by atoms with Gasteiger partial charge < -0.3 is 5.73 Å². The monoisotopic (exact) mass is 177 g/mol. The first-order valence-electron chi connectivity index (χ1n) is 2.36. The van der Waals surface area contributed by atoms with E-state index in [1.165, 1.54) is 11.3 Å². The minimum Gasteiger partial charge on any atom is -0.351 e. The molecule has 0 bridgehead atoms. The summed E-state index contributed by atoms with van der Waals surface area (Å²) in [5.74, 6) is 0.391. The van der Waals surface area contributed by atoms with Crippen molar-refractivity contribution in [1.82, 2.24) is 4.98 Å². The van der Waals surface area contributed by atoms with Crippen LogP contribution in [-0.2, 0) is 0 Å². The summed E-state index contributed by atoms with van der Waals surface area (Å²) in [6.07, 6.45) is 0. The predicted octanol–water partition coefficient (Wildman–Crippen LogP) is 1.29. The van der Waals surface area contributed by atoms with Crippen molar-refractivity contribution < 1.29 is 4.79 Å². The lowest BCUT2D eigenvalue weighted by Gasteiger charge is -1.91. The van der Waals surface area contributed by atoms with E-state index in [-0.39, 0.29) is 0 Å². The number of amides is 2. The van der Waals surface area contributed by atoms with Gasteiger partial charge in [0.05, 0.1) is 0 Å². The van der Waals surface area contributed by atoms with Crippen LogP contribution in [0.4, 0.5) is 10.6 Å². The van der Waals surface area contributed by atoms with Crippen molar-refractivity contribution in [2.45, 2.75) is 0 Å². The number of aromatic nitrogens is 1. The van der Waals surface area contributed by atoms with E-state index in [0.29, 0.717) is 10.3 Å². The van der Waals surface area contributed by atoms with Crippen LogP contribution in [-0.4, -0.2) is 11.0 Å². The quantitative estimate of drug-likeness (QED) is 0.679. The van der Waals surface area contributed by atoms with E-state index in [1.807, 2.05) is 0 Å². The number of urea groups is 1. The van der Waals surface area contributed by atoms with E-state index in [9.17, 15) is 4.79 Å². The Kier molecular flexibility index (Phi) is 2.08. The van der Waals surface area contributed by atoms with Crippen LogP contribution < -0.4 is 11.1 Å². The topological polar surface area (TPSA) is 68.0 Å². The third-order valence-electron chi connectivity index (χ3n) is 0.727. The Morgan fingerprint density at radius 2 is 2.60 bits per heavy atom. The molecule has 1 aromatic heterocycles. The van der Waals surface area contributed by atoms with Crippen molar-refractivity contribution in [3.63, 3.8) is 0 Å². The van der Waals surface area contributed by atoms with Gasteiger partial charge in [-0.05, 0) is 0 Å². The maximum Gasteiger partial charge on any atom is 0.317 e. The van der Waals surface area contributed by atoms with Crippen molar-refractivity contribution in [1.29, 1.82) is 0 Å². The number of halogens is 1. The summed E-state index contributed by atoms with van der Waals surface area (Å²) in [6.45, 7) is 0. The van der Waals surface area contributed by atoms with Gasteiger partial charge in [-0.3, -0.25) is 5.32 Å². The molecule has 1 aromatic rings. The van der Waals surface area contributed by atoms with E-state index in [0.717, 1.165) is 0 Å². The zero-order valence-electron chi connectivity index (χ0n) is 4.80. The maximum atomic E-state index is 10.2. The van der Waals surface area contributed by atoms with E-state index in [2.05, 4.69) is 10.3 Å². The molecule has 1 heterocycles. The molecule has 0 saturated heterocycles. The summed E-state index contributed by atoms with van der Waals surface area (Å²) in [5.41, 5.74) is 4.81. The zero-order valence-corrected chi connectivity index (χ0v) is 6.37. The van der Waals surface area contributed by atoms with Gasteiger partial charge in [0.25, 0.3) is 0 Å². The Morgan fingerprint density at radius 1 is 1.90 bits per heavy atom. The van der Waals surface area contributed by atoms with Crippen LogP contribution >= 0.6 is 22.9 Å². The van der Waals surface area contributed by atoms with E-state index in [1.54, 1.807) is 5.38 Å². The number of nitrogens with one attached hydrogen (secondary N) is 1. The average molecular weight is 178 g/mol. The molecule has 3 N–H and O–H groups in total. The number of hydrogen-bond donors (Lipinski definition) is 2. The maximum absolute atomic E-state index is 10.2. The molecule has 0 radical (unpaired) electrons. The second kappa shape index (κ2) is 2.85. The van der Waals surface area contributed by atoms with Crippen molar-refractivity contribution >= 4 is 34.8 Å². The molecule has 2 amide bonds. The van der Waals surface area contributed by atoms with Crippen LogP contribution in [0.1, 0.15) is 0 Å². The van der Waals surface area contributed by atoms with Gasteiger partial charge in [-0.15, -0.1) is 11.3 Å². The van der Waals surface area contributed by atoms with Crippen molar-refractivity contribution in [3.8, 4) is 0 Å². The van der Waals surface area contributed by atoms with E-state index >= 15 is 0 Å². The number of nitrogens with zero attached hydrogens (tertiary/aromatic N) is 1. The molecular weight excluding hydrogens is 174 g/mol. The highest BCUT2D eigenvalue weighted by Gasteiger charge is 1.99. The third kappa shape index (κ3) is 1.85. The zero-order chi connectivity index (χ0) is 7.56. The van der Waals surface area contributed by atoms with Crippen LogP contribution in [0.15, 0.2) is 5.38 Å². The van der Waals surface area contributed by atoms with Gasteiger partial charge in [-0.2, -0.15) is 0 Å². The molecule has 10 heavy (non-hydrogen) atoms. The first-order chi connectivity index (χ1) is 4.68. The van der Waals surface area contributed by atoms with E-state index < -0.39 is 6.03 Å². The highest BCUT2D eigenvalue weighted by atomic mass is 35.5. The number of hydrogen-bond acceptors (Lipinski definition) is 3. The second-order valence-corrected chi connectivity index (χ2v) is 2.92. The molecular formula is C4H4ClN3OS. The molecule has 1 rings (SSSR count). The van der Waals surface area contributed by atoms with Gasteiger partial charge in [0.1, 0.15) is 5.82 Å². The minimum absolute atomic E-state index is 0.378. The highest BCUT2D eigenvalue weighted by molar-refractivity contribution is 7.14. The Bertz CT molecular complexity index is 248. The van der Waals surface area contributed by atoms with Gasteiger partial charge >= 0.3 is 6.03 Å². The van der Waals surface area contributed by atoms with Crippen molar-refractivity contribution in [2.75, 3.05) is 5.32 Å². The standard InChI is InChI=1S/C4H4ClN3OS/c5-3-7-2(1-10-3)8-4(6)9/h1H,(H3,6,8,9). The van der Waals surface area contributed by atoms with Crippen molar-refractivity contribution in [2.24, 2.45) is 5.73 Å². The average Bonchev–Trinajstić information content (AvgIpc) is 2.13. The Labute approximate surface area is 66.0 Å². The lowest BCUT2D eigenvalue weighted by molar-refractivity contribution is 0.259. The summed E-state index contributed by atoms with van der Waals surface area (Å²) < 4.78 is 0.378. The lowest BCUT2D eigenvalue weighted by Crippen LogP contribution is -2.19. The first-order valence-corrected chi connectivity index (χ1v) is 3.62. The second-order valence-electron chi connectivity index (χ2n) is 1.47. The normalized spacial score (nSPS) is 9.30. The Balaban J connectivity index is 2.67. The molecule has 0 unspecified atom stereocenters. The van der Waals surface area contributed by atoms with E-state index in [4.69, 9.17) is 17.3 Å². The van der Waals surface area contributed by atoms with Crippen LogP contribution in [0.25, 0.3) is 0 Å². The summed E-state index contributed by atoms with van der Waals surface area (Å²) in [5, 5.41) is 3.88. The van der Waals surface area contributed by atoms with Crippen LogP contribution in [0, 0.1) is 0 Å². The number of carbonyl (C=O) groups excluding carboxylic acids is 1. The molecule has 0 saturated carbocycles. The molecule has 0 aliphatic heterocycles. The summed E-state index contributed by atoms with van der Waals surface area (Å²) >= 11 is 6.69. The van der Waals surface area contributed by atoms with Crippen LogP contribution in [0.5, 0.6) is 0 Å². The molecule has 54 valence electrons. The summed E-state index contributed by atoms with van der Waals surface area (Å²) in [4.78, 5) is 13.9. The molecule has 0 aliphatic carbocycles. The molecule has 0 spiro atoms. The molecule has 0 atom stereocenters. The molecule has 6 heteroatoms. The number of primary amides is 1. The highest BCUT2D eigenvalue weighted by Crippen LogP contribution is 2.17. The predicted molar refractivity (Wildman–Crippen MR) is 40.3 cm³/mol. The van der Waals surface area contributed by atoms with Crippen molar-refractivity contribution in [3.05, 3.63) is 9.85 Å². The lowest BCUT2D eigenvalue weighted by atomic mass is 10.8. The fraction of sp³-hybridized carbons (Fsp3) is 0. The third-order valence-corrected chi connectivity index (χ3v) is 1.71. The van der Waals surface area contributed by atoms with Gasteiger partial charge in [0.2, 0.25) is 0 Å². The Hall–Kier alpha value is -0.810. The number of anilines is 1. The molecule has 4 nitrogen and oxygen atoms in total. The number of thiazole rings is 1. The van der Waals surface area contributed by atoms with Crippen LogP contribution in [0.2, 0.25) is 4.47 Å². The molecule has 0 aromatic carbocycles. The summed E-state index contributed by atoms with van der Waals surface area (Å²) in [7, 11) is 0. The van der Waals surface area contributed by atoms with Gasteiger partial charge in [0.15, 0.2) is 4.47 Å². The number of nitrogens with two attached hydrogens (primary N) is 1. The number of carbonyl (C=O) groups is 1.